The summed E-state index contributed by atoms with van der Waals surface area (Å²) in [6, 6.07) is 7.56. The van der Waals surface area contributed by atoms with Crippen molar-refractivity contribution >= 4 is 40.8 Å². The Labute approximate surface area is 151 Å². The first-order valence-electron chi connectivity index (χ1n) is 8.07. The van der Waals surface area contributed by atoms with Gasteiger partial charge in [-0.25, -0.2) is 4.98 Å². The lowest BCUT2D eigenvalue weighted by Gasteiger charge is -2.13. The van der Waals surface area contributed by atoms with Gasteiger partial charge in [-0.05, 0) is 23.8 Å². The minimum absolute atomic E-state index is 0.210. The summed E-state index contributed by atoms with van der Waals surface area (Å²) in [5.74, 6) is 1.05. The van der Waals surface area contributed by atoms with E-state index in [1.54, 1.807) is 25.7 Å². The molecule has 0 saturated heterocycles. The topological polar surface area (TPSA) is 103 Å². The second-order valence-electron chi connectivity index (χ2n) is 5.92. The number of nitrogens with one attached hydrogen (secondary N) is 2. The van der Waals surface area contributed by atoms with Crippen LogP contribution in [-0.2, 0) is 0 Å². The summed E-state index contributed by atoms with van der Waals surface area (Å²) < 4.78 is 0. The van der Waals surface area contributed by atoms with E-state index < -0.39 is 0 Å². The summed E-state index contributed by atoms with van der Waals surface area (Å²) in [6.45, 7) is 0. The molecule has 0 bridgehead atoms. The maximum absolute atomic E-state index is 7.56. The molecule has 0 aromatic carbocycles. The second-order valence-corrected chi connectivity index (χ2v) is 5.92. The number of aromatic nitrogens is 4. The monoisotopic (exact) mass is 348 g/mol. The standard InChI is InChI=1S/C18H20N8/c1-20-9-13(8-19)12-6-16-15(21-10-12)4-5-17(23-16)24-18-7-14(26(2)3)11-22-25-18/h4-11,13,19H,1-3H3,(H,23,24,25). The van der Waals surface area contributed by atoms with Crippen molar-refractivity contribution in [1.29, 1.82) is 5.41 Å². The first-order valence-corrected chi connectivity index (χ1v) is 8.07. The first kappa shape index (κ1) is 17.4. The van der Waals surface area contributed by atoms with E-state index in [4.69, 9.17) is 5.41 Å². The van der Waals surface area contributed by atoms with E-state index in [2.05, 4.69) is 30.5 Å². The van der Waals surface area contributed by atoms with Crippen LogP contribution in [0.2, 0.25) is 0 Å². The molecule has 3 aromatic rings. The molecule has 2 N–H and O–H groups in total. The van der Waals surface area contributed by atoms with Crippen molar-refractivity contribution in [3.8, 4) is 0 Å². The van der Waals surface area contributed by atoms with E-state index in [9.17, 15) is 0 Å². The molecule has 0 aliphatic carbocycles. The fourth-order valence-corrected chi connectivity index (χ4v) is 2.45. The summed E-state index contributed by atoms with van der Waals surface area (Å²) in [5.41, 5.74) is 3.34. The number of fused-ring (bicyclic) bond motifs is 1. The Morgan fingerprint density at radius 1 is 1.15 bits per heavy atom. The molecule has 8 nitrogen and oxygen atoms in total. The van der Waals surface area contributed by atoms with E-state index >= 15 is 0 Å². The zero-order chi connectivity index (χ0) is 18.5. The Bertz CT molecular complexity index is 951. The van der Waals surface area contributed by atoms with Crippen LogP contribution in [0.1, 0.15) is 11.5 Å². The summed E-state index contributed by atoms with van der Waals surface area (Å²) in [7, 11) is 5.58. The molecule has 0 fully saturated rings. The molecule has 1 unspecified atom stereocenters. The summed E-state index contributed by atoms with van der Waals surface area (Å²) in [4.78, 5) is 15.0. The Kier molecular flexibility index (Phi) is 5.12. The number of rotatable bonds is 6. The molecule has 0 aliphatic rings. The molecule has 8 heteroatoms. The van der Waals surface area contributed by atoms with E-state index in [-0.39, 0.29) is 5.92 Å². The molecule has 1 atom stereocenters. The van der Waals surface area contributed by atoms with Crippen LogP contribution in [0.4, 0.5) is 17.3 Å². The van der Waals surface area contributed by atoms with Gasteiger partial charge in [0.25, 0.3) is 0 Å². The zero-order valence-electron chi connectivity index (χ0n) is 14.9. The van der Waals surface area contributed by atoms with Crippen molar-refractivity contribution in [3.63, 3.8) is 0 Å². The molecule has 0 amide bonds. The number of nitrogens with zero attached hydrogens (tertiary/aromatic N) is 6. The molecule has 0 saturated carbocycles. The van der Waals surface area contributed by atoms with E-state index in [0.29, 0.717) is 11.6 Å². The first-order chi connectivity index (χ1) is 12.6. The lowest BCUT2D eigenvalue weighted by molar-refractivity contribution is 1.01. The maximum Gasteiger partial charge on any atom is 0.156 e. The quantitative estimate of drug-likeness (QED) is 0.664. The van der Waals surface area contributed by atoms with Crippen molar-refractivity contribution in [3.05, 3.63) is 42.2 Å². The van der Waals surface area contributed by atoms with Gasteiger partial charge in [0.2, 0.25) is 0 Å². The highest BCUT2D eigenvalue weighted by Crippen LogP contribution is 2.21. The van der Waals surface area contributed by atoms with Gasteiger partial charge >= 0.3 is 0 Å². The van der Waals surface area contributed by atoms with Gasteiger partial charge in [0.1, 0.15) is 5.82 Å². The Balaban J connectivity index is 1.92. The molecule has 3 aromatic heterocycles. The highest BCUT2D eigenvalue weighted by molar-refractivity contribution is 5.90. The average Bonchev–Trinajstić information content (AvgIpc) is 2.65. The van der Waals surface area contributed by atoms with Crippen molar-refractivity contribution in [2.45, 2.75) is 5.92 Å². The van der Waals surface area contributed by atoms with E-state index in [1.165, 1.54) is 6.21 Å². The van der Waals surface area contributed by atoms with Gasteiger partial charge in [-0.15, -0.1) is 5.10 Å². The van der Waals surface area contributed by atoms with Crippen LogP contribution in [0.3, 0.4) is 0 Å². The normalized spacial score (nSPS) is 12.3. The van der Waals surface area contributed by atoms with Gasteiger partial charge in [-0.1, -0.05) is 0 Å². The smallest absolute Gasteiger partial charge is 0.156 e. The fourth-order valence-electron chi connectivity index (χ4n) is 2.45. The number of aliphatic imine (C=N–C) groups is 1. The SMILES string of the molecule is CN=CC(C=N)c1cnc2ccc(Nc3cc(N(C)C)cnn3)nc2c1. The van der Waals surface area contributed by atoms with Crippen molar-refractivity contribution in [2.75, 3.05) is 31.4 Å². The third kappa shape index (κ3) is 3.80. The number of hydrogen-bond acceptors (Lipinski definition) is 8. The summed E-state index contributed by atoms with van der Waals surface area (Å²) in [5, 5.41) is 18.8. The second kappa shape index (κ2) is 7.64. The maximum atomic E-state index is 7.56. The van der Waals surface area contributed by atoms with Gasteiger partial charge < -0.3 is 15.6 Å². The molecule has 132 valence electrons. The van der Waals surface area contributed by atoms with Gasteiger partial charge in [-0.2, -0.15) is 5.10 Å². The van der Waals surface area contributed by atoms with Crippen LogP contribution < -0.4 is 10.2 Å². The third-order valence-electron chi connectivity index (χ3n) is 3.85. The van der Waals surface area contributed by atoms with E-state index in [1.807, 2.05) is 43.3 Å². The Morgan fingerprint density at radius 2 is 2.00 bits per heavy atom. The third-order valence-corrected chi connectivity index (χ3v) is 3.85. The number of anilines is 3. The zero-order valence-corrected chi connectivity index (χ0v) is 14.9. The highest BCUT2D eigenvalue weighted by Gasteiger charge is 2.09. The number of pyridine rings is 2. The van der Waals surface area contributed by atoms with Gasteiger partial charge in [-0.3, -0.25) is 9.98 Å². The van der Waals surface area contributed by atoms with Crippen molar-refractivity contribution in [1.82, 2.24) is 20.2 Å². The fraction of sp³-hybridized carbons (Fsp3) is 0.222. The predicted octanol–water partition coefficient (Wildman–Crippen LogP) is 2.66. The van der Waals surface area contributed by atoms with Crippen LogP contribution in [-0.4, -0.2) is 53.7 Å². The summed E-state index contributed by atoms with van der Waals surface area (Å²) >= 11 is 0. The number of hydrogen-bond donors (Lipinski definition) is 2. The Hall–Kier alpha value is -3.42. The van der Waals surface area contributed by atoms with E-state index in [0.717, 1.165) is 22.3 Å². The molecular weight excluding hydrogens is 328 g/mol. The largest absolute Gasteiger partial charge is 0.376 e. The van der Waals surface area contributed by atoms with Crippen LogP contribution in [0.5, 0.6) is 0 Å². The highest BCUT2D eigenvalue weighted by atomic mass is 15.2. The van der Waals surface area contributed by atoms with Gasteiger partial charge in [0.05, 0.1) is 28.8 Å². The van der Waals surface area contributed by atoms with Crippen LogP contribution in [0.15, 0.2) is 41.7 Å². The Morgan fingerprint density at radius 3 is 2.73 bits per heavy atom. The molecule has 0 aliphatic heterocycles. The molecule has 3 rings (SSSR count). The molecule has 0 spiro atoms. The average molecular weight is 348 g/mol. The van der Waals surface area contributed by atoms with Crippen LogP contribution in [0.25, 0.3) is 11.0 Å². The van der Waals surface area contributed by atoms with Gasteiger partial charge in [0.15, 0.2) is 5.82 Å². The molecule has 0 radical (unpaired) electrons. The minimum Gasteiger partial charge on any atom is -0.376 e. The molecule has 26 heavy (non-hydrogen) atoms. The van der Waals surface area contributed by atoms with Crippen LogP contribution >= 0.6 is 0 Å². The van der Waals surface area contributed by atoms with Crippen molar-refractivity contribution < 1.29 is 0 Å². The minimum atomic E-state index is -0.210. The van der Waals surface area contributed by atoms with Crippen LogP contribution in [0, 0.1) is 5.41 Å². The molecular formula is C18H20N8. The van der Waals surface area contributed by atoms with Gasteiger partial charge in [0, 0.05) is 45.8 Å². The lowest BCUT2D eigenvalue weighted by Crippen LogP contribution is -2.10. The lowest BCUT2D eigenvalue weighted by atomic mass is 10.0. The van der Waals surface area contributed by atoms with Crippen molar-refractivity contribution in [2.24, 2.45) is 4.99 Å². The summed E-state index contributed by atoms with van der Waals surface area (Å²) in [6.07, 6.45) is 6.49. The molecule has 3 heterocycles. The predicted molar refractivity (Wildman–Crippen MR) is 105 cm³/mol.